The van der Waals surface area contributed by atoms with E-state index in [1.54, 1.807) is 35.6 Å². The lowest BCUT2D eigenvalue weighted by molar-refractivity contribution is 0.0525. The first-order chi connectivity index (χ1) is 13.2. The summed E-state index contributed by atoms with van der Waals surface area (Å²) in [5.74, 6) is 0.760. The SMILES string of the molecule is COc1cncc(OC2CCCN(C(=O)c3ccc4nccnc4c3)C2)n1. The average Bonchev–Trinajstić information content (AvgIpc) is 2.73. The second kappa shape index (κ2) is 7.53. The molecule has 0 aliphatic carbocycles. The number of carbonyl (C=O) groups is 1. The zero-order valence-corrected chi connectivity index (χ0v) is 14.9. The standard InChI is InChI=1S/C19H19N5O3/c1-26-17-10-20-11-18(23-17)27-14-3-2-8-24(12-14)19(25)13-4-5-15-16(9-13)22-7-6-21-15/h4-7,9-11,14H,2-3,8,12H2,1H3. The molecule has 27 heavy (non-hydrogen) atoms. The fourth-order valence-electron chi connectivity index (χ4n) is 3.15. The van der Waals surface area contributed by atoms with Gasteiger partial charge in [0.25, 0.3) is 5.91 Å². The van der Waals surface area contributed by atoms with Crippen LogP contribution in [0.4, 0.5) is 0 Å². The fourth-order valence-corrected chi connectivity index (χ4v) is 3.15. The van der Waals surface area contributed by atoms with Gasteiger partial charge in [-0.15, -0.1) is 0 Å². The number of likely N-dealkylation sites (tertiary alicyclic amines) is 1. The Morgan fingerprint density at radius 3 is 2.81 bits per heavy atom. The molecule has 0 bridgehead atoms. The summed E-state index contributed by atoms with van der Waals surface area (Å²) in [5, 5.41) is 0. The van der Waals surface area contributed by atoms with Gasteiger partial charge in [-0.1, -0.05) is 0 Å². The average molecular weight is 365 g/mol. The third kappa shape index (κ3) is 3.79. The number of fused-ring (bicyclic) bond motifs is 1. The molecule has 0 spiro atoms. The summed E-state index contributed by atoms with van der Waals surface area (Å²) in [6, 6.07) is 5.39. The molecule has 8 nitrogen and oxygen atoms in total. The number of hydrogen-bond donors (Lipinski definition) is 0. The number of rotatable bonds is 4. The van der Waals surface area contributed by atoms with Crippen molar-refractivity contribution in [2.24, 2.45) is 0 Å². The highest BCUT2D eigenvalue weighted by molar-refractivity contribution is 5.97. The number of benzene rings is 1. The minimum atomic E-state index is -0.135. The van der Waals surface area contributed by atoms with Crippen molar-refractivity contribution in [2.45, 2.75) is 18.9 Å². The highest BCUT2D eigenvalue weighted by Crippen LogP contribution is 2.20. The van der Waals surface area contributed by atoms with Crippen LogP contribution in [0.25, 0.3) is 11.0 Å². The molecule has 0 saturated carbocycles. The molecule has 1 amide bonds. The highest BCUT2D eigenvalue weighted by Gasteiger charge is 2.26. The maximum atomic E-state index is 12.9. The maximum absolute atomic E-state index is 12.9. The van der Waals surface area contributed by atoms with Crippen LogP contribution in [0.3, 0.4) is 0 Å². The van der Waals surface area contributed by atoms with Crippen molar-refractivity contribution in [1.82, 2.24) is 24.8 Å². The Hall–Kier alpha value is -3.29. The predicted octanol–water partition coefficient (Wildman–Crippen LogP) is 2.11. The Morgan fingerprint density at radius 1 is 1.15 bits per heavy atom. The van der Waals surface area contributed by atoms with Crippen LogP contribution in [-0.2, 0) is 0 Å². The summed E-state index contributed by atoms with van der Waals surface area (Å²) >= 11 is 0. The van der Waals surface area contributed by atoms with E-state index < -0.39 is 0 Å². The predicted molar refractivity (Wildman–Crippen MR) is 97.7 cm³/mol. The van der Waals surface area contributed by atoms with Gasteiger partial charge >= 0.3 is 0 Å². The maximum Gasteiger partial charge on any atom is 0.254 e. The minimum absolute atomic E-state index is 0.0346. The smallest absolute Gasteiger partial charge is 0.254 e. The van der Waals surface area contributed by atoms with Crippen molar-refractivity contribution in [3.63, 3.8) is 0 Å². The second-order valence-electron chi connectivity index (χ2n) is 6.29. The second-order valence-corrected chi connectivity index (χ2v) is 6.29. The van der Waals surface area contributed by atoms with Gasteiger partial charge in [0.05, 0.1) is 37.1 Å². The van der Waals surface area contributed by atoms with E-state index in [4.69, 9.17) is 9.47 Å². The number of nitrogens with zero attached hydrogens (tertiary/aromatic N) is 5. The van der Waals surface area contributed by atoms with E-state index in [2.05, 4.69) is 19.9 Å². The number of methoxy groups -OCH3 is 1. The summed E-state index contributed by atoms with van der Waals surface area (Å²) in [6.07, 6.45) is 7.91. The molecule has 1 atom stereocenters. The van der Waals surface area contributed by atoms with Crippen molar-refractivity contribution in [1.29, 1.82) is 0 Å². The van der Waals surface area contributed by atoms with Crippen molar-refractivity contribution in [3.8, 4) is 11.8 Å². The third-order valence-corrected chi connectivity index (χ3v) is 4.47. The summed E-state index contributed by atoms with van der Waals surface area (Å²) < 4.78 is 11.0. The van der Waals surface area contributed by atoms with Crippen molar-refractivity contribution < 1.29 is 14.3 Å². The summed E-state index contributed by atoms with van der Waals surface area (Å²) in [7, 11) is 1.53. The number of ether oxygens (including phenoxy) is 2. The zero-order chi connectivity index (χ0) is 18.6. The molecular formula is C19H19N5O3. The lowest BCUT2D eigenvalue weighted by Crippen LogP contribution is -2.44. The van der Waals surface area contributed by atoms with Crippen molar-refractivity contribution in [3.05, 3.63) is 48.5 Å². The highest BCUT2D eigenvalue weighted by atomic mass is 16.5. The Balaban J connectivity index is 1.47. The molecule has 0 N–H and O–H groups in total. The van der Waals surface area contributed by atoms with Crippen molar-refractivity contribution >= 4 is 16.9 Å². The van der Waals surface area contributed by atoms with Crippen LogP contribution in [0.5, 0.6) is 11.8 Å². The van der Waals surface area contributed by atoms with Crippen molar-refractivity contribution in [2.75, 3.05) is 20.2 Å². The molecule has 4 rings (SSSR count). The Bertz CT molecular complexity index is 965. The lowest BCUT2D eigenvalue weighted by atomic mass is 10.1. The van der Waals surface area contributed by atoms with Gasteiger partial charge in [-0.25, -0.2) is 0 Å². The third-order valence-electron chi connectivity index (χ3n) is 4.47. The fraction of sp³-hybridized carbons (Fsp3) is 0.316. The molecule has 1 aliphatic heterocycles. The van der Waals surface area contributed by atoms with E-state index in [0.29, 0.717) is 35.9 Å². The molecule has 0 radical (unpaired) electrons. The molecule has 1 fully saturated rings. The molecule has 2 aromatic heterocycles. The van der Waals surface area contributed by atoms with Crippen LogP contribution in [0, 0.1) is 0 Å². The Morgan fingerprint density at radius 2 is 1.96 bits per heavy atom. The van der Waals surface area contributed by atoms with Gasteiger partial charge in [-0.3, -0.25) is 19.7 Å². The van der Waals surface area contributed by atoms with E-state index in [-0.39, 0.29) is 12.0 Å². The quantitative estimate of drug-likeness (QED) is 0.699. The number of hydrogen-bond acceptors (Lipinski definition) is 7. The van der Waals surface area contributed by atoms with Crippen LogP contribution in [0.1, 0.15) is 23.2 Å². The van der Waals surface area contributed by atoms with Crippen LogP contribution >= 0.6 is 0 Å². The number of amides is 1. The van der Waals surface area contributed by atoms with Gasteiger partial charge in [-0.05, 0) is 31.0 Å². The number of aromatic nitrogens is 4. The zero-order valence-electron chi connectivity index (χ0n) is 14.9. The molecule has 1 aromatic carbocycles. The number of carbonyl (C=O) groups excluding carboxylic acids is 1. The van der Waals surface area contributed by atoms with Crippen LogP contribution in [-0.4, -0.2) is 57.0 Å². The lowest BCUT2D eigenvalue weighted by Gasteiger charge is -2.32. The van der Waals surface area contributed by atoms with E-state index >= 15 is 0 Å². The first kappa shape index (κ1) is 17.1. The molecule has 8 heteroatoms. The number of piperidine rings is 1. The molecular weight excluding hydrogens is 346 g/mol. The molecule has 138 valence electrons. The summed E-state index contributed by atoms with van der Waals surface area (Å²) in [6.45, 7) is 1.19. The van der Waals surface area contributed by atoms with E-state index in [1.807, 2.05) is 6.07 Å². The topological polar surface area (TPSA) is 90.3 Å². The van der Waals surface area contributed by atoms with Gasteiger partial charge in [0, 0.05) is 24.5 Å². The first-order valence-corrected chi connectivity index (χ1v) is 8.75. The molecule has 1 aliphatic rings. The largest absolute Gasteiger partial charge is 0.480 e. The van der Waals surface area contributed by atoms with Gasteiger partial charge in [0.1, 0.15) is 6.10 Å². The van der Waals surface area contributed by atoms with Gasteiger partial charge in [0.15, 0.2) is 0 Å². The van der Waals surface area contributed by atoms with Gasteiger partial charge in [-0.2, -0.15) is 4.98 Å². The van der Waals surface area contributed by atoms with E-state index in [1.165, 1.54) is 13.3 Å². The Labute approximate surface area is 156 Å². The normalized spacial score (nSPS) is 16.9. The van der Waals surface area contributed by atoms with Crippen LogP contribution in [0.2, 0.25) is 0 Å². The van der Waals surface area contributed by atoms with Gasteiger partial charge in [0.2, 0.25) is 11.8 Å². The van der Waals surface area contributed by atoms with Gasteiger partial charge < -0.3 is 14.4 Å². The van der Waals surface area contributed by atoms with Crippen LogP contribution < -0.4 is 9.47 Å². The molecule has 3 aromatic rings. The molecule has 1 saturated heterocycles. The van der Waals surface area contributed by atoms with E-state index in [9.17, 15) is 4.79 Å². The summed E-state index contributed by atoms with van der Waals surface area (Å²) in [5.41, 5.74) is 2.08. The van der Waals surface area contributed by atoms with Crippen LogP contribution in [0.15, 0.2) is 43.0 Å². The van der Waals surface area contributed by atoms with E-state index in [0.717, 1.165) is 18.4 Å². The first-order valence-electron chi connectivity index (χ1n) is 8.75. The molecule has 1 unspecified atom stereocenters. The molecule has 3 heterocycles. The Kier molecular flexibility index (Phi) is 4.78. The monoisotopic (exact) mass is 365 g/mol. The minimum Gasteiger partial charge on any atom is -0.480 e. The summed E-state index contributed by atoms with van der Waals surface area (Å²) in [4.78, 5) is 31.5.